The molecule has 1 fully saturated rings. The maximum atomic E-state index is 11.6. The van der Waals surface area contributed by atoms with Gasteiger partial charge in [0.15, 0.2) is 0 Å². The Morgan fingerprint density at radius 2 is 2.00 bits per heavy atom. The summed E-state index contributed by atoms with van der Waals surface area (Å²) in [5, 5.41) is 2.89. The quantitative estimate of drug-likeness (QED) is 0.860. The van der Waals surface area contributed by atoms with E-state index in [1.807, 2.05) is 19.1 Å². The number of hydrogen-bond donors (Lipinski definition) is 1. The van der Waals surface area contributed by atoms with Crippen molar-refractivity contribution < 1.29 is 9.53 Å². The second-order valence-electron chi connectivity index (χ2n) is 5.32. The summed E-state index contributed by atoms with van der Waals surface area (Å²) < 4.78 is 5.41. The molecule has 1 heterocycles. The Morgan fingerprint density at radius 3 is 2.57 bits per heavy atom. The predicted octanol–water partition coefficient (Wildman–Crippen LogP) is 1.88. The first-order valence-corrected chi connectivity index (χ1v) is 7.10. The normalized spacial score (nSPS) is 15.7. The molecule has 2 rings (SSSR count). The Balaban J connectivity index is 2.35. The van der Waals surface area contributed by atoms with E-state index in [1.54, 1.807) is 7.11 Å². The zero-order valence-corrected chi connectivity index (χ0v) is 13.0. The third-order valence-corrected chi connectivity index (χ3v) is 3.80. The number of nitrogens with one attached hydrogen (secondary N) is 1. The summed E-state index contributed by atoms with van der Waals surface area (Å²) in [5.41, 5.74) is 2.80. The van der Waals surface area contributed by atoms with Crippen molar-refractivity contribution >= 4 is 17.3 Å². The molecule has 0 radical (unpaired) electrons. The predicted molar refractivity (Wildman–Crippen MR) is 86.3 cm³/mol. The molecule has 0 saturated carbocycles. The summed E-state index contributed by atoms with van der Waals surface area (Å²) >= 11 is 0. The van der Waals surface area contributed by atoms with Gasteiger partial charge in [-0.1, -0.05) is 6.58 Å². The molecule has 0 unspecified atom stereocenters. The number of carbonyl (C=O) groups is 1. The Labute approximate surface area is 126 Å². The summed E-state index contributed by atoms with van der Waals surface area (Å²) in [6.07, 6.45) is 1.29. The summed E-state index contributed by atoms with van der Waals surface area (Å²) in [4.78, 5) is 16.2. The van der Waals surface area contributed by atoms with Crippen LogP contribution >= 0.6 is 0 Å². The SMILES string of the molecule is C=CC(=O)Nc1cc(C)c(OC)cc1N1CCN(C)CC1. The van der Waals surface area contributed by atoms with Crippen LogP contribution in [0.3, 0.4) is 0 Å². The van der Waals surface area contributed by atoms with E-state index in [0.29, 0.717) is 0 Å². The Bertz CT molecular complexity index is 535. The van der Waals surface area contributed by atoms with Crippen molar-refractivity contribution in [2.24, 2.45) is 0 Å². The molecule has 0 aromatic heterocycles. The fourth-order valence-electron chi connectivity index (χ4n) is 2.49. The van der Waals surface area contributed by atoms with Crippen molar-refractivity contribution in [1.29, 1.82) is 0 Å². The number of amides is 1. The minimum absolute atomic E-state index is 0.199. The zero-order valence-electron chi connectivity index (χ0n) is 13.0. The molecule has 1 saturated heterocycles. The first-order chi connectivity index (χ1) is 10.0. The van der Waals surface area contributed by atoms with Crippen LogP contribution < -0.4 is 15.0 Å². The smallest absolute Gasteiger partial charge is 0.247 e. The number of carbonyl (C=O) groups excluding carboxylic acids is 1. The van der Waals surface area contributed by atoms with Crippen molar-refractivity contribution in [3.63, 3.8) is 0 Å². The van der Waals surface area contributed by atoms with Crippen molar-refractivity contribution in [3.05, 3.63) is 30.4 Å². The third-order valence-electron chi connectivity index (χ3n) is 3.80. The maximum Gasteiger partial charge on any atom is 0.247 e. The molecule has 0 atom stereocenters. The molecule has 1 amide bonds. The third kappa shape index (κ3) is 3.55. The van der Waals surface area contributed by atoms with Gasteiger partial charge in [0.2, 0.25) is 5.91 Å². The lowest BCUT2D eigenvalue weighted by atomic mass is 10.1. The van der Waals surface area contributed by atoms with E-state index < -0.39 is 0 Å². The summed E-state index contributed by atoms with van der Waals surface area (Å²) in [6.45, 7) is 9.35. The van der Waals surface area contributed by atoms with Gasteiger partial charge in [-0.05, 0) is 31.7 Å². The van der Waals surface area contributed by atoms with Gasteiger partial charge in [0.25, 0.3) is 0 Å². The Morgan fingerprint density at radius 1 is 1.33 bits per heavy atom. The van der Waals surface area contributed by atoms with Gasteiger partial charge in [-0.3, -0.25) is 4.79 Å². The number of anilines is 2. The average Bonchev–Trinajstić information content (AvgIpc) is 2.48. The van der Waals surface area contributed by atoms with Crippen molar-refractivity contribution in [2.45, 2.75) is 6.92 Å². The number of nitrogens with zero attached hydrogens (tertiary/aromatic N) is 2. The maximum absolute atomic E-state index is 11.6. The van der Waals surface area contributed by atoms with Gasteiger partial charge in [0.05, 0.1) is 18.5 Å². The number of ether oxygens (including phenoxy) is 1. The molecule has 1 aliphatic rings. The van der Waals surface area contributed by atoms with Crippen LogP contribution in [0.2, 0.25) is 0 Å². The van der Waals surface area contributed by atoms with Gasteiger partial charge < -0.3 is 19.9 Å². The second kappa shape index (κ2) is 6.63. The summed E-state index contributed by atoms with van der Waals surface area (Å²) in [6, 6.07) is 3.95. The molecule has 0 bridgehead atoms. The van der Waals surface area contributed by atoms with E-state index in [0.717, 1.165) is 48.9 Å². The highest BCUT2D eigenvalue weighted by atomic mass is 16.5. The van der Waals surface area contributed by atoms with Crippen LogP contribution in [0.1, 0.15) is 5.56 Å². The van der Waals surface area contributed by atoms with E-state index in [9.17, 15) is 4.79 Å². The molecule has 5 nitrogen and oxygen atoms in total. The van der Waals surface area contributed by atoms with Crippen LogP contribution in [0.5, 0.6) is 5.75 Å². The van der Waals surface area contributed by atoms with Crippen molar-refractivity contribution in [1.82, 2.24) is 4.90 Å². The molecule has 1 aliphatic heterocycles. The van der Waals surface area contributed by atoms with Crippen LogP contribution in [0.4, 0.5) is 11.4 Å². The minimum Gasteiger partial charge on any atom is -0.496 e. The fraction of sp³-hybridized carbons (Fsp3) is 0.438. The second-order valence-corrected chi connectivity index (χ2v) is 5.32. The minimum atomic E-state index is -0.199. The first kappa shape index (κ1) is 15.4. The molecule has 0 spiro atoms. The molecule has 21 heavy (non-hydrogen) atoms. The molecular formula is C16H23N3O2. The van der Waals surface area contributed by atoms with Gasteiger partial charge >= 0.3 is 0 Å². The number of benzene rings is 1. The largest absolute Gasteiger partial charge is 0.496 e. The number of rotatable bonds is 4. The van der Waals surface area contributed by atoms with Gasteiger partial charge in [0.1, 0.15) is 5.75 Å². The zero-order chi connectivity index (χ0) is 15.4. The molecule has 1 aromatic carbocycles. The highest BCUT2D eigenvalue weighted by Crippen LogP contribution is 2.34. The highest BCUT2D eigenvalue weighted by Gasteiger charge is 2.19. The van der Waals surface area contributed by atoms with Gasteiger partial charge in [-0.25, -0.2) is 0 Å². The van der Waals surface area contributed by atoms with Crippen molar-refractivity contribution in [3.8, 4) is 5.75 Å². The molecule has 1 N–H and O–H groups in total. The number of hydrogen-bond acceptors (Lipinski definition) is 4. The molecule has 1 aromatic rings. The van der Waals surface area contributed by atoms with E-state index >= 15 is 0 Å². The lowest BCUT2D eigenvalue weighted by Crippen LogP contribution is -2.44. The topological polar surface area (TPSA) is 44.8 Å². The van der Waals surface area contributed by atoms with Gasteiger partial charge in [-0.2, -0.15) is 0 Å². The number of aryl methyl sites for hydroxylation is 1. The van der Waals surface area contributed by atoms with Crippen LogP contribution in [-0.4, -0.2) is 51.1 Å². The Kier molecular flexibility index (Phi) is 4.85. The molecule has 0 aliphatic carbocycles. The number of likely N-dealkylation sites (N-methyl/N-ethyl adjacent to an activating group) is 1. The monoisotopic (exact) mass is 289 g/mol. The number of piperazine rings is 1. The standard InChI is InChI=1S/C16H23N3O2/c1-5-16(20)17-13-10-12(2)15(21-4)11-14(13)19-8-6-18(3)7-9-19/h5,10-11H,1,6-9H2,2-4H3,(H,17,20). The highest BCUT2D eigenvalue weighted by molar-refractivity contribution is 6.01. The van der Waals surface area contributed by atoms with Crippen molar-refractivity contribution in [2.75, 3.05) is 50.6 Å². The van der Waals surface area contributed by atoms with Gasteiger partial charge in [0, 0.05) is 32.2 Å². The molecular weight excluding hydrogens is 266 g/mol. The van der Waals surface area contributed by atoms with Gasteiger partial charge in [-0.15, -0.1) is 0 Å². The van der Waals surface area contributed by atoms with E-state index in [-0.39, 0.29) is 5.91 Å². The van der Waals surface area contributed by atoms with Crippen LogP contribution in [-0.2, 0) is 4.79 Å². The first-order valence-electron chi connectivity index (χ1n) is 7.10. The fourth-order valence-corrected chi connectivity index (χ4v) is 2.49. The lowest BCUT2D eigenvalue weighted by Gasteiger charge is -2.35. The van der Waals surface area contributed by atoms with Crippen LogP contribution in [0, 0.1) is 6.92 Å². The van der Waals surface area contributed by atoms with E-state index in [4.69, 9.17) is 4.74 Å². The lowest BCUT2D eigenvalue weighted by molar-refractivity contribution is -0.111. The van der Waals surface area contributed by atoms with E-state index in [2.05, 4.69) is 28.7 Å². The number of methoxy groups -OCH3 is 1. The van der Waals surface area contributed by atoms with Crippen LogP contribution in [0.25, 0.3) is 0 Å². The molecule has 5 heteroatoms. The van der Waals surface area contributed by atoms with E-state index in [1.165, 1.54) is 6.08 Å². The summed E-state index contributed by atoms with van der Waals surface area (Å²) in [7, 11) is 3.78. The summed E-state index contributed by atoms with van der Waals surface area (Å²) in [5.74, 6) is 0.635. The molecule has 114 valence electrons. The average molecular weight is 289 g/mol. The Hall–Kier alpha value is -2.01. The van der Waals surface area contributed by atoms with Crippen LogP contribution in [0.15, 0.2) is 24.8 Å².